The predicted molar refractivity (Wildman–Crippen MR) is 87.6 cm³/mol. The zero-order valence-corrected chi connectivity index (χ0v) is 13.6. The molecule has 3 rings (SSSR count). The number of halogens is 1. The molecule has 0 fully saturated rings. The van der Waals surface area contributed by atoms with Gasteiger partial charge in [-0.3, -0.25) is 4.98 Å². The highest BCUT2D eigenvalue weighted by Gasteiger charge is 2.24. The van der Waals surface area contributed by atoms with Gasteiger partial charge in [-0.1, -0.05) is 12.1 Å². The van der Waals surface area contributed by atoms with Crippen molar-refractivity contribution in [1.29, 1.82) is 0 Å². The van der Waals surface area contributed by atoms with Crippen molar-refractivity contribution in [3.63, 3.8) is 0 Å². The van der Waals surface area contributed by atoms with Gasteiger partial charge in [0.15, 0.2) is 0 Å². The van der Waals surface area contributed by atoms with Crippen LogP contribution in [0.15, 0.2) is 24.3 Å². The minimum atomic E-state index is -0.229. The second kappa shape index (κ2) is 6.54. The molecule has 1 aliphatic rings. The molecule has 1 aromatic heterocycles. The first-order valence-corrected chi connectivity index (χ1v) is 7.77. The van der Waals surface area contributed by atoms with Crippen LogP contribution in [0.2, 0.25) is 0 Å². The Kier molecular flexibility index (Phi) is 4.48. The SMILES string of the molecule is COC(C)c1nc(C)c(Cc2ccc(F)cc2)c2c1NCCO2. The molecule has 0 bridgehead atoms. The van der Waals surface area contributed by atoms with Crippen molar-refractivity contribution in [2.75, 3.05) is 25.6 Å². The molecule has 0 saturated heterocycles. The lowest BCUT2D eigenvalue weighted by atomic mass is 9.99. The Morgan fingerprint density at radius 1 is 1.35 bits per heavy atom. The molecule has 1 aliphatic heterocycles. The Morgan fingerprint density at radius 2 is 2.09 bits per heavy atom. The van der Waals surface area contributed by atoms with Crippen molar-refractivity contribution in [3.8, 4) is 5.75 Å². The van der Waals surface area contributed by atoms with Crippen LogP contribution in [0.5, 0.6) is 5.75 Å². The Balaban J connectivity index is 2.04. The Morgan fingerprint density at radius 3 is 2.78 bits per heavy atom. The third-order valence-electron chi connectivity index (χ3n) is 4.17. The summed E-state index contributed by atoms with van der Waals surface area (Å²) in [5.74, 6) is 0.611. The van der Waals surface area contributed by atoms with E-state index in [1.54, 1.807) is 19.2 Å². The van der Waals surface area contributed by atoms with Gasteiger partial charge in [-0.05, 0) is 31.5 Å². The number of pyridine rings is 1. The van der Waals surface area contributed by atoms with Crippen molar-refractivity contribution < 1.29 is 13.9 Å². The maximum Gasteiger partial charge on any atom is 0.149 e. The third-order valence-corrected chi connectivity index (χ3v) is 4.17. The number of aromatic nitrogens is 1. The highest BCUT2D eigenvalue weighted by molar-refractivity contribution is 5.66. The van der Waals surface area contributed by atoms with E-state index in [4.69, 9.17) is 14.5 Å². The first kappa shape index (κ1) is 15.7. The zero-order valence-electron chi connectivity index (χ0n) is 13.6. The van der Waals surface area contributed by atoms with E-state index in [0.29, 0.717) is 13.0 Å². The summed E-state index contributed by atoms with van der Waals surface area (Å²) in [7, 11) is 1.67. The van der Waals surface area contributed by atoms with Gasteiger partial charge in [0.25, 0.3) is 0 Å². The predicted octanol–water partition coefficient (Wildman–Crippen LogP) is 3.63. The van der Waals surface area contributed by atoms with Crippen LogP contribution in [-0.4, -0.2) is 25.2 Å². The quantitative estimate of drug-likeness (QED) is 0.935. The number of hydrogen-bond donors (Lipinski definition) is 1. The molecule has 1 N–H and O–H groups in total. The number of fused-ring (bicyclic) bond motifs is 1. The molecule has 122 valence electrons. The largest absolute Gasteiger partial charge is 0.489 e. The Hall–Kier alpha value is -2.14. The third kappa shape index (κ3) is 3.15. The van der Waals surface area contributed by atoms with E-state index in [1.165, 1.54) is 12.1 Å². The van der Waals surface area contributed by atoms with Crippen molar-refractivity contribution in [1.82, 2.24) is 4.98 Å². The summed E-state index contributed by atoms with van der Waals surface area (Å²) in [5.41, 5.74) is 4.75. The molecule has 0 saturated carbocycles. The van der Waals surface area contributed by atoms with Gasteiger partial charge >= 0.3 is 0 Å². The van der Waals surface area contributed by atoms with Crippen LogP contribution < -0.4 is 10.1 Å². The summed E-state index contributed by atoms with van der Waals surface area (Å²) < 4.78 is 24.5. The molecule has 1 unspecified atom stereocenters. The number of anilines is 1. The average Bonchev–Trinajstić information content (AvgIpc) is 2.58. The van der Waals surface area contributed by atoms with E-state index in [0.717, 1.165) is 40.5 Å². The highest BCUT2D eigenvalue weighted by Crippen LogP contribution is 2.39. The summed E-state index contributed by atoms with van der Waals surface area (Å²) >= 11 is 0. The van der Waals surface area contributed by atoms with Crippen molar-refractivity contribution >= 4 is 5.69 Å². The summed E-state index contributed by atoms with van der Waals surface area (Å²) in [4.78, 5) is 4.73. The number of nitrogens with one attached hydrogen (secondary N) is 1. The molecule has 0 radical (unpaired) electrons. The van der Waals surface area contributed by atoms with Crippen LogP contribution in [0, 0.1) is 12.7 Å². The lowest BCUT2D eigenvalue weighted by Crippen LogP contribution is -2.23. The van der Waals surface area contributed by atoms with Gasteiger partial charge in [0, 0.05) is 31.3 Å². The number of rotatable bonds is 4. The summed E-state index contributed by atoms with van der Waals surface area (Å²) in [6.45, 7) is 5.31. The van der Waals surface area contributed by atoms with E-state index in [-0.39, 0.29) is 11.9 Å². The first-order valence-electron chi connectivity index (χ1n) is 7.77. The number of methoxy groups -OCH3 is 1. The Labute approximate surface area is 135 Å². The van der Waals surface area contributed by atoms with Crippen molar-refractivity contribution in [3.05, 3.63) is 52.6 Å². The van der Waals surface area contributed by atoms with Gasteiger partial charge in [0.1, 0.15) is 23.9 Å². The lowest BCUT2D eigenvalue weighted by molar-refractivity contribution is 0.116. The fourth-order valence-corrected chi connectivity index (χ4v) is 2.82. The normalized spacial score (nSPS) is 14.6. The molecular formula is C18H21FN2O2. The van der Waals surface area contributed by atoms with Crippen LogP contribution in [-0.2, 0) is 11.2 Å². The van der Waals surface area contributed by atoms with Gasteiger partial charge in [0.05, 0.1) is 11.8 Å². The van der Waals surface area contributed by atoms with Gasteiger partial charge in [-0.15, -0.1) is 0 Å². The maximum absolute atomic E-state index is 13.1. The molecule has 1 aromatic carbocycles. The summed E-state index contributed by atoms with van der Waals surface area (Å²) in [6.07, 6.45) is 0.543. The molecule has 0 spiro atoms. The minimum Gasteiger partial charge on any atom is -0.489 e. The molecule has 5 heteroatoms. The fourth-order valence-electron chi connectivity index (χ4n) is 2.82. The Bertz CT molecular complexity index is 701. The molecule has 2 aromatic rings. The zero-order chi connectivity index (χ0) is 16.4. The lowest BCUT2D eigenvalue weighted by Gasteiger charge is -2.27. The van der Waals surface area contributed by atoms with Crippen LogP contribution in [0.3, 0.4) is 0 Å². The fraction of sp³-hybridized carbons (Fsp3) is 0.389. The number of nitrogens with zero attached hydrogens (tertiary/aromatic N) is 1. The standard InChI is InChI=1S/C18H21FN2O2/c1-11-15(10-13-4-6-14(19)7-5-13)18-17(20-8-9-23-18)16(21-11)12(2)22-3/h4-7,12,20H,8-10H2,1-3H3. The number of hydrogen-bond acceptors (Lipinski definition) is 4. The molecule has 23 heavy (non-hydrogen) atoms. The van der Waals surface area contributed by atoms with Gasteiger partial charge in [-0.2, -0.15) is 0 Å². The minimum absolute atomic E-state index is 0.114. The summed E-state index contributed by atoms with van der Waals surface area (Å²) in [5, 5.41) is 3.38. The molecule has 1 atom stereocenters. The number of aryl methyl sites for hydroxylation is 1. The molecule has 0 amide bonds. The number of benzene rings is 1. The van der Waals surface area contributed by atoms with E-state index in [2.05, 4.69) is 5.32 Å². The second-order valence-electron chi connectivity index (χ2n) is 5.72. The van der Waals surface area contributed by atoms with Crippen LogP contribution in [0.4, 0.5) is 10.1 Å². The van der Waals surface area contributed by atoms with Gasteiger partial charge < -0.3 is 14.8 Å². The molecule has 0 aliphatic carbocycles. The maximum atomic E-state index is 13.1. The van der Waals surface area contributed by atoms with Crippen LogP contribution in [0.1, 0.15) is 35.5 Å². The van der Waals surface area contributed by atoms with E-state index in [1.807, 2.05) is 13.8 Å². The molecule has 4 nitrogen and oxygen atoms in total. The number of ether oxygens (including phenoxy) is 2. The van der Waals surface area contributed by atoms with Crippen LogP contribution >= 0.6 is 0 Å². The van der Waals surface area contributed by atoms with E-state index < -0.39 is 0 Å². The molecule has 2 heterocycles. The highest BCUT2D eigenvalue weighted by atomic mass is 19.1. The smallest absolute Gasteiger partial charge is 0.149 e. The first-order chi connectivity index (χ1) is 11.1. The molecular weight excluding hydrogens is 295 g/mol. The van der Waals surface area contributed by atoms with E-state index in [9.17, 15) is 4.39 Å². The van der Waals surface area contributed by atoms with Crippen molar-refractivity contribution in [2.24, 2.45) is 0 Å². The van der Waals surface area contributed by atoms with E-state index >= 15 is 0 Å². The van der Waals surface area contributed by atoms with Gasteiger partial charge in [-0.25, -0.2) is 4.39 Å². The van der Waals surface area contributed by atoms with Crippen LogP contribution in [0.25, 0.3) is 0 Å². The van der Waals surface area contributed by atoms with Gasteiger partial charge in [0.2, 0.25) is 0 Å². The topological polar surface area (TPSA) is 43.4 Å². The average molecular weight is 316 g/mol. The summed E-state index contributed by atoms with van der Waals surface area (Å²) in [6, 6.07) is 6.54. The monoisotopic (exact) mass is 316 g/mol. The van der Waals surface area contributed by atoms with Crippen molar-refractivity contribution in [2.45, 2.75) is 26.4 Å². The second-order valence-corrected chi connectivity index (χ2v) is 5.72.